The van der Waals surface area contributed by atoms with Gasteiger partial charge in [0.2, 0.25) is 0 Å². The Morgan fingerprint density at radius 3 is 1.14 bits per heavy atom. The van der Waals surface area contributed by atoms with E-state index in [1.54, 1.807) is 50.2 Å². The lowest BCUT2D eigenvalue weighted by atomic mass is 9.95. The molecular weight excluding hydrogens is 2130 g/mol. The highest BCUT2D eigenvalue weighted by Crippen LogP contribution is 2.42. The minimum atomic E-state index is -4.24. The van der Waals surface area contributed by atoms with Crippen LogP contribution in [0.1, 0.15) is 78.1 Å². The maximum atomic E-state index is 14.1. The van der Waals surface area contributed by atoms with Gasteiger partial charge in [0.25, 0.3) is 0 Å². The van der Waals surface area contributed by atoms with E-state index in [1.165, 1.54) is 85.2 Å². The number of aliphatic hydroxyl groups is 1. The Kier molecular flexibility index (Phi) is 37.1. The topological polar surface area (TPSA) is 383 Å². The van der Waals surface area contributed by atoms with Gasteiger partial charge in [0.1, 0.15) is 32.8 Å². The molecule has 6 N–H and O–H groups in total. The number of aryl methyl sites for hydroxylation is 2. The van der Waals surface area contributed by atoms with Crippen molar-refractivity contribution in [2.45, 2.75) is 79.9 Å². The molecule has 0 saturated heterocycles. The van der Waals surface area contributed by atoms with E-state index in [2.05, 4.69) is 16.8 Å². The van der Waals surface area contributed by atoms with Crippen LogP contribution in [0.3, 0.4) is 0 Å². The molecule has 14 aromatic carbocycles. The zero-order chi connectivity index (χ0) is 103. The summed E-state index contributed by atoms with van der Waals surface area (Å²) < 4.78 is 163. The molecule has 0 bridgehead atoms. The summed E-state index contributed by atoms with van der Waals surface area (Å²) in [5.41, 5.74) is 9.02. The summed E-state index contributed by atoms with van der Waals surface area (Å²) in [6.45, 7) is 7.25. The molecule has 0 saturated carbocycles. The Morgan fingerprint density at radius 1 is 0.355 bits per heavy atom. The Labute approximate surface area is 860 Å². The van der Waals surface area contributed by atoms with Gasteiger partial charge in [0.15, 0.2) is 66.5 Å². The van der Waals surface area contributed by atoms with Crippen LogP contribution in [0.15, 0.2) is 316 Å². The number of aromatic carboxylic acids is 2. The monoisotopic (exact) mass is 2200 g/mol. The second-order valence-electron chi connectivity index (χ2n) is 31.0. The molecule has 0 aliphatic carbocycles. The number of sulfone groups is 5. The largest absolute Gasteiger partial charge is 0.508 e. The lowest BCUT2D eigenvalue weighted by Gasteiger charge is -2.14. The molecule has 0 aliphatic heterocycles. The second kappa shape index (κ2) is 47.8. The van der Waals surface area contributed by atoms with E-state index in [4.69, 9.17) is 126 Å². The number of carbonyl (C=O) groups is 3. The van der Waals surface area contributed by atoms with Gasteiger partial charge in [-0.25, -0.2) is 60.5 Å². The van der Waals surface area contributed by atoms with E-state index < -0.39 is 117 Å². The van der Waals surface area contributed by atoms with Gasteiger partial charge in [0.05, 0.1) is 88.6 Å². The van der Waals surface area contributed by atoms with E-state index in [-0.39, 0.29) is 129 Å². The number of hydrogen-bond donors (Lipinski definition) is 6. The maximum absolute atomic E-state index is 14.1. The number of carboxylic acids is 3. The van der Waals surface area contributed by atoms with Crippen LogP contribution in [0.5, 0.6) is 17.2 Å². The molecular formula is C101H77Cl10F2N3O20S5. The van der Waals surface area contributed by atoms with Gasteiger partial charge in [-0.3, -0.25) is 4.79 Å². The lowest BCUT2D eigenvalue weighted by Crippen LogP contribution is -2.11. The highest BCUT2D eigenvalue weighted by atomic mass is 35.5. The van der Waals surface area contributed by atoms with Gasteiger partial charge in [-0.15, -0.1) is 4.80 Å². The number of hydrogen-bond acceptors (Lipinski definition) is 19. The van der Waals surface area contributed by atoms with Gasteiger partial charge in [-0.1, -0.05) is 262 Å². The van der Waals surface area contributed by atoms with E-state index in [0.717, 1.165) is 73.6 Å². The molecule has 0 atom stereocenters. The van der Waals surface area contributed by atoms with Gasteiger partial charge >= 0.3 is 17.9 Å². The maximum Gasteiger partial charge on any atom is 0.336 e. The highest BCUT2D eigenvalue weighted by Gasteiger charge is 2.31. The minimum Gasteiger partial charge on any atom is -0.508 e. The number of aliphatic hydroxyl groups excluding tert-OH is 1. The number of nitrogens with zero attached hydrogens (tertiary/aromatic N) is 3. The normalized spacial score (nSPS) is 11.4. The van der Waals surface area contributed by atoms with Crippen LogP contribution in [-0.2, 0) is 82.7 Å². The van der Waals surface area contributed by atoms with Gasteiger partial charge in [-0.2, -0.15) is 10.2 Å². The number of rotatable bonds is 28. The van der Waals surface area contributed by atoms with Crippen LogP contribution in [0.25, 0.3) is 56.0 Å². The molecule has 15 rings (SSSR count). The number of ether oxygens (including phenoxy) is 1. The van der Waals surface area contributed by atoms with E-state index in [9.17, 15) is 90.8 Å². The molecule has 0 spiro atoms. The summed E-state index contributed by atoms with van der Waals surface area (Å²) in [5, 5.41) is 66.1. The molecule has 0 unspecified atom stereocenters. The molecule has 1 aromatic heterocycles. The van der Waals surface area contributed by atoms with Crippen molar-refractivity contribution in [1.82, 2.24) is 15.0 Å². The van der Waals surface area contributed by atoms with E-state index >= 15 is 0 Å². The SMILES string of the molecule is C=C(O)c1ccc(-c2ccccc2)cc1CS(=O)(=O)c1cc(Cl)ccc1Cl.Cc1cc(C(=O)O)c(CS(=O)(=O)c2cc(Cl)cc(Cl)c2)cc1-c1ccccc1.Cc1cc(C(=O)O)c(CS(=O)(=O)c2cc(Cl)cc(Cl)c2O)cc1-c1ccccc1.O=C(O)CCCOc1ccc(-c2ccccc2)cc1CS(=O)(=O)c1cc(Cl)cc(Cl)c1.O=S(=O)(Cc1cc(-n2nccn2)c(F)cc1F)c1cc(Cl)cc(Cl)c1O. The van der Waals surface area contributed by atoms with Crippen molar-refractivity contribution >= 4 is 189 Å². The molecule has 23 nitrogen and oxygen atoms in total. The van der Waals surface area contributed by atoms with Crippen LogP contribution >= 0.6 is 116 Å². The zero-order valence-corrected chi connectivity index (χ0v) is 85.0. The molecule has 0 radical (unpaired) electrons. The minimum absolute atomic E-state index is 0.0203. The Bertz CT molecular complexity index is 7850. The Morgan fingerprint density at radius 2 is 0.723 bits per heavy atom. The molecule has 40 heteroatoms. The van der Waals surface area contributed by atoms with Crippen molar-refractivity contribution in [3.63, 3.8) is 0 Å². The molecule has 0 aliphatic rings. The van der Waals surface area contributed by atoms with E-state index in [1.807, 2.05) is 133 Å². The lowest BCUT2D eigenvalue weighted by molar-refractivity contribution is -0.137. The van der Waals surface area contributed by atoms with Crippen molar-refractivity contribution in [2.75, 3.05) is 6.61 Å². The standard InChI is InChI=1S/C23H20Cl2O5S.C21H16Cl2O5S.C21H16Cl2O4S.C21H16Cl2O3S.C15H9Cl2F2N3O3S/c24-19-12-20(25)14-21(13-19)31(28,29)15-18-11-17(16-5-2-1-3-6-16)8-9-22(18)30-10-4-7-23(26)27;1-12-7-17(21(25)26)14(8-16(12)13-5-3-2-4-6-13)11-29(27,28)19-10-15(22)9-18(23)20(19)24;1-13-7-20(21(24)25)15(8-19(13)14-5-3-2-4-6-14)12-28(26,27)18-10-16(22)9-17(23)11-18;1-14(24)19-9-7-16(15-5-3-2-4-6-15)11-17(19)13-27(25,26)21-12-18(22)8-10-20(21)23;16-9-4-10(17)15(23)14(5-9)26(24,25)7-8-3-13(12(19)6-11(8)18)22-20-1-2-21-22/h1-3,5-6,8-9,11-14H,4,7,10,15H2,(H,26,27);2-10,24H,11H2,1H3,(H,25,26);2-11H,12H2,1H3,(H,24,25);2-12,24H,1,13H2;1-6,23H,7H2. The van der Waals surface area contributed by atoms with E-state index in [0.29, 0.717) is 46.1 Å². The number of phenols is 2. The quantitative estimate of drug-likeness (QED) is 0.0196. The van der Waals surface area contributed by atoms with Crippen LogP contribution in [0.2, 0.25) is 50.2 Å². The zero-order valence-electron chi connectivity index (χ0n) is 73.3. The molecule has 15 aromatic rings. The average molecular weight is 2210 g/mol. The summed E-state index contributed by atoms with van der Waals surface area (Å²) in [6, 6.07) is 72.9. The Hall–Kier alpha value is -11.9. The summed E-state index contributed by atoms with van der Waals surface area (Å²) in [6.07, 6.45) is 2.85. The third-order valence-electron chi connectivity index (χ3n) is 20.8. The average Bonchev–Trinajstić information content (AvgIpc) is 1.04. The van der Waals surface area contributed by atoms with Gasteiger partial charge in [-0.05, 0) is 220 Å². The fraction of sp³-hybridized carbons (Fsp3) is 0.0990. The number of aromatic hydroxyl groups is 2. The van der Waals surface area contributed by atoms with Gasteiger partial charge < -0.3 is 35.4 Å². The fourth-order valence-electron chi connectivity index (χ4n) is 14.2. The van der Waals surface area contributed by atoms with Crippen molar-refractivity contribution < 1.29 is 101 Å². The van der Waals surface area contributed by atoms with Gasteiger partial charge in [0, 0.05) is 64.3 Å². The molecule has 730 valence electrons. The summed E-state index contributed by atoms with van der Waals surface area (Å²) in [5.74, 6) is -9.16. The number of carboxylic acid groups (broad SMARTS) is 3. The first-order valence-corrected chi connectivity index (χ1v) is 53.2. The van der Waals surface area contributed by atoms with Crippen LogP contribution in [0, 0.1) is 25.5 Å². The number of benzene rings is 14. The number of halogens is 12. The third-order valence-corrected chi connectivity index (χ3v) is 31.7. The van der Waals surface area contributed by atoms with Crippen molar-refractivity contribution in [3.05, 3.63) is 409 Å². The summed E-state index contributed by atoms with van der Waals surface area (Å²) in [7, 11) is -19.8. The first kappa shape index (κ1) is 109. The Balaban J connectivity index is 0.000000169. The summed E-state index contributed by atoms with van der Waals surface area (Å²) >= 11 is 59.1. The smallest absolute Gasteiger partial charge is 0.336 e. The van der Waals surface area contributed by atoms with Crippen LogP contribution in [-0.4, -0.2) is 112 Å². The molecule has 141 heavy (non-hydrogen) atoms. The number of aliphatic carboxylic acids is 1. The predicted octanol–water partition coefficient (Wildman–Crippen LogP) is 26.6. The first-order chi connectivity index (χ1) is 66.5. The number of phenolic OH excluding ortho intramolecular Hbond substituents is 2. The molecule has 0 fully saturated rings. The van der Waals surface area contributed by atoms with Crippen LogP contribution < -0.4 is 4.74 Å². The first-order valence-electron chi connectivity index (χ1n) is 41.1. The third kappa shape index (κ3) is 29.2. The highest BCUT2D eigenvalue weighted by molar-refractivity contribution is 7.92. The predicted molar refractivity (Wildman–Crippen MR) is 546 cm³/mol. The van der Waals surface area contributed by atoms with Crippen molar-refractivity contribution in [2.24, 2.45) is 0 Å². The second-order valence-corrected chi connectivity index (χ2v) is 45.1. The number of aromatic nitrogens is 3. The summed E-state index contributed by atoms with van der Waals surface area (Å²) in [4.78, 5) is 34.0. The van der Waals surface area contributed by atoms with Crippen molar-refractivity contribution in [1.29, 1.82) is 0 Å². The molecule has 0 amide bonds. The molecule has 1 heterocycles. The van der Waals surface area contributed by atoms with Crippen LogP contribution in [0.4, 0.5) is 8.78 Å². The fourth-order valence-corrected chi connectivity index (χ4v) is 24.7. The van der Waals surface area contributed by atoms with Crippen molar-refractivity contribution in [3.8, 4) is 67.4 Å².